The number of hydrogen-bond acceptors (Lipinski definition) is 2. The average Bonchev–Trinajstić information content (AvgIpc) is 2.42. The van der Waals surface area contributed by atoms with Crippen molar-refractivity contribution >= 4 is 23.4 Å². The molecule has 0 aliphatic heterocycles. The van der Waals surface area contributed by atoms with Crippen LogP contribution in [-0.4, -0.2) is 35.8 Å². The lowest BCUT2D eigenvalue weighted by atomic mass is 10.2. The number of benzene rings is 1. The molecule has 0 fully saturated rings. The molecule has 0 saturated heterocycles. The predicted molar refractivity (Wildman–Crippen MR) is 80.9 cm³/mol. The van der Waals surface area contributed by atoms with Crippen LogP contribution in [0, 0.1) is 0 Å². The minimum atomic E-state index is -0.219. The fraction of sp³-hybridized carbons (Fsp3) is 0.467. The second kappa shape index (κ2) is 7.90. The zero-order valence-corrected chi connectivity index (χ0v) is 12.9. The topological polar surface area (TPSA) is 49.4 Å². The van der Waals surface area contributed by atoms with Gasteiger partial charge < -0.3 is 10.2 Å². The molecule has 1 aromatic carbocycles. The predicted octanol–water partition coefficient (Wildman–Crippen LogP) is 2.72. The molecule has 0 spiro atoms. The Morgan fingerprint density at radius 3 is 2.55 bits per heavy atom. The van der Waals surface area contributed by atoms with Gasteiger partial charge in [-0.1, -0.05) is 30.7 Å². The van der Waals surface area contributed by atoms with Crippen LogP contribution in [0.2, 0.25) is 5.02 Å². The molecule has 0 aliphatic rings. The summed E-state index contributed by atoms with van der Waals surface area (Å²) in [4.78, 5) is 25.3. The van der Waals surface area contributed by atoms with Crippen LogP contribution in [0.1, 0.15) is 37.6 Å². The van der Waals surface area contributed by atoms with Gasteiger partial charge in [-0.3, -0.25) is 9.59 Å². The Hall–Kier alpha value is -1.55. The molecule has 0 saturated carbocycles. The van der Waals surface area contributed by atoms with E-state index in [1.165, 1.54) is 0 Å². The van der Waals surface area contributed by atoms with Crippen molar-refractivity contribution < 1.29 is 9.59 Å². The number of nitrogens with zero attached hydrogens (tertiary/aromatic N) is 1. The van der Waals surface area contributed by atoms with Gasteiger partial charge in [-0.2, -0.15) is 0 Å². The molecule has 0 bridgehead atoms. The van der Waals surface area contributed by atoms with Crippen LogP contribution in [0.3, 0.4) is 0 Å². The van der Waals surface area contributed by atoms with E-state index in [1.807, 2.05) is 13.8 Å². The highest BCUT2D eigenvalue weighted by Crippen LogP contribution is 2.14. The molecule has 1 rings (SSSR count). The monoisotopic (exact) mass is 296 g/mol. The molecular weight excluding hydrogens is 276 g/mol. The minimum Gasteiger partial charge on any atom is -0.350 e. The van der Waals surface area contributed by atoms with E-state index in [-0.39, 0.29) is 17.9 Å². The maximum atomic E-state index is 12.0. The Kier molecular flexibility index (Phi) is 6.52. The lowest BCUT2D eigenvalue weighted by Crippen LogP contribution is -2.42. The van der Waals surface area contributed by atoms with Crippen molar-refractivity contribution in [3.05, 3.63) is 34.9 Å². The Morgan fingerprint density at radius 1 is 1.35 bits per heavy atom. The van der Waals surface area contributed by atoms with Gasteiger partial charge in [0.15, 0.2) is 0 Å². The summed E-state index contributed by atoms with van der Waals surface area (Å²) in [5, 5.41) is 3.21. The molecular formula is C15H21ClN2O2. The van der Waals surface area contributed by atoms with E-state index in [0.29, 0.717) is 23.7 Å². The summed E-state index contributed by atoms with van der Waals surface area (Å²) in [6.45, 7) is 6.48. The first-order valence-electron chi connectivity index (χ1n) is 6.77. The number of nitrogens with one attached hydrogen (secondary N) is 1. The van der Waals surface area contributed by atoms with Crippen LogP contribution in [0.5, 0.6) is 0 Å². The van der Waals surface area contributed by atoms with Gasteiger partial charge in [-0.25, -0.2) is 0 Å². The summed E-state index contributed by atoms with van der Waals surface area (Å²) in [5.74, 6) is -0.199. The maximum absolute atomic E-state index is 12.0. The first-order chi connectivity index (χ1) is 9.47. The molecule has 110 valence electrons. The van der Waals surface area contributed by atoms with E-state index >= 15 is 0 Å². The highest BCUT2D eigenvalue weighted by atomic mass is 35.5. The summed E-state index contributed by atoms with van der Waals surface area (Å²) >= 11 is 5.96. The first kappa shape index (κ1) is 16.5. The smallest absolute Gasteiger partial charge is 0.252 e. The fourth-order valence-corrected chi connectivity index (χ4v) is 2.16. The highest BCUT2D eigenvalue weighted by molar-refractivity contribution is 6.33. The van der Waals surface area contributed by atoms with Gasteiger partial charge in [-0.15, -0.1) is 0 Å². The summed E-state index contributed by atoms with van der Waals surface area (Å²) in [6.07, 6.45) is 0.887. The van der Waals surface area contributed by atoms with Crippen molar-refractivity contribution in [2.45, 2.75) is 33.2 Å². The molecule has 4 nitrogen and oxygen atoms in total. The molecule has 1 aromatic rings. The van der Waals surface area contributed by atoms with Gasteiger partial charge >= 0.3 is 0 Å². The van der Waals surface area contributed by atoms with Crippen molar-refractivity contribution in [2.75, 3.05) is 13.1 Å². The van der Waals surface area contributed by atoms with Crippen molar-refractivity contribution in [2.24, 2.45) is 0 Å². The SMILES string of the molecule is CCC(C)N(CCNC(=O)c1ccccc1Cl)C(C)=O. The Labute approximate surface area is 125 Å². The quantitative estimate of drug-likeness (QED) is 0.877. The molecule has 5 heteroatoms. The van der Waals surface area contributed by atoms with E-state index in [0.717, 1.165) is 6.42 Å². The van der Waals surface area contributed by atoms with Crippen LogP contribution < -0.4 is 5.32 Å². The maximum Gasteiger partial charge on any atom is 0.252 e. The Morgan fingerprint density at radius 2 is 2.00 bits per heavy atom. The first-order valence-corrected chi connectivity index (χ1v) is 7.15. The second-order valence-corrected chi connectivity index (χ2v) is 5.11. The summed E-state index contributed by atoms with van der Waals surface area (Å²) in [5.41, 5.74) is 0.451. The van der Waals surface area contributed by atoms with Gasteiger partial charge in [0.05, 0.1) is 10.6 Å². The summed E-state index contributed by atoms with van der Waals surface area (Å²) in [7, 11) is 0. The van der Waals surface area contributed by atoms with Crippen molar-refractivity contribution in [1.29, 1.82) is 0 Å². The molecule has 0 aromatic heterocycles. The van der Waals surface area contributed by atoms with Gasteiger partial charge in [0.1, 0.15) is 0 Å². The van der Waals surface area contributed by atoms with Crippen LogP contribution in [0.4, 0.5) is 0 Å². The van der Waals surface area contributed by atoms with E-state index in [4.69, 9.17) is 11.6 Å². The van der Waals surface area contributed by atoms with Crippen molar-refractivity contribution in [1.82, 2.24) is 10.2 Å². The molecule has 0 radical (unpaired) electrons. The number of carbonyl (C=O) groups is 2. The largest absolute Gasteiger partial charge is 0.350 e. The summed E-state index contributed by atoms with van der Waals surface area (Å²) < 4.78 is 0. The Bertz CT molecular complexity index is 477. The van der Waals surface area contributed by atoms with Gasteiger partial charge in [0.25, 0.3) is 5.91 Å². The molecule has 2 amide bonds. The van der Waals surface area contributed by atoms with Crippen LogP contribution in [-0.2, 0) is 4.79 Å². The van der Waals surface area contributed by atoms with E-state index in [9.17, 15) is 9.59 Å². The summed E-state index contributed by atoms with van der Waals surface area (Å²) in [6, 6.07) is 7.07. The fourth-order valence-electron chi connectivity index (χ4n) is 1.94. The number of amides is 2. The third-order valence-corrected chi connectivity index (χ3v) is 3.61. The van der Waals surface area contributed by atoms with Gasteiger partial charge in [0.2, 0.25) is 5.91 Å². The van der Waals surface area contributed by atoms with Crippen molar-refractivity contribution in [3.63, 3.8) is 0 Å². The lowest BCUT2D eigenvalue weighted by Gasteiger charge is -2.27. The minimum absolute atomic E-state index is 0.0198. The number of halogens is 1. The lowest BCUT2D eigenvalue weighted by molar-refractivity contribution is -0.130. The molecule has 1 N–H and O–H groups in total. The second-order valence-electron chi connectivity index (χ2n) is 4.71. The third-order valence-electron chi connectivity index (χ3n) is 3.28. The number of rotatable bonds is 6. The third kappa shape index (κ3) is 4.53. The standard InChI is InChI=1S/C15H21ClN2O2/c1-4-11(2)18(12(3)19)10-9-17-15(20)13-7-5-6-8-14(13)16/h5-8,11H,4,9-10H2,1-3H3,(H,17,20). The zero-order valence-electron chi connectivity index (χ0n) is 12.1. The highest BCUT2D eigenvalue weighted by Gasteiger charge is 2.15. The molecule has 0 aliphatic carbocycles. The normalized spacial score (nSPS) is 11.8. The van der Waals surface area contributed by atoms with E-state index in [1.54, 1.807) is 36.1 Å². The molecule has 0 heterocycles. The van der Waals surface area contributed by atoms with E-state index in [2.05, 4.69) is 5.32 Å². The zero-order chi connectivity index (χ0) is 15.1. The Balaban J connectivity index is 2.53. The number of hydrogen-bond donors (Lipinski definition) is 1. The molecule has 1 atom stereocenters. The number of carbonyl (C=O) groups excluding carboxylic acids is 2. The average molecular weight is 297 g/mol. The van der Waals surface area contributed by atoms with Crippen molar-refractivity contribution in [3.8, 4) is 0 Å². The van der Waals surface area contributed by atoms with Crippen LogP contribution in [0.15, 0.2) is 24.3 Å². The van der Waals surface area contributed by atoms with E-state index < -0.39 is 0 Å². The molecule has 20 heavy (non-hydrogen) atoms. The van der Waals surface area contributed by atoms with Crippen LogP contribution >= 0.6 is 11.6 Å². The van der Waals surface area contributed by atoms with Gasteiger partial charge in [-0.05, 0) is 25.5 Å². The van der Waals surface area contributed by atoms with Crippen LogP contribution in [0.25, 0.3) is 0 Å². The van der Waals surface area contributed by atoms with Gasteiger partial charge in [0, 0.05) is 26.1 Å². The molecule has 1 unspecified atom stereocenters.